The first-order valence-electron chi connectivity index (χ1n) is 7.15. The molecule has 2 aromatic rings. The van der Waals surface area contributed by atoms with Crippen molar-refractivity contribution in [3.05, 3.63) is 35.3 Å². The highest BCUT2D eigenvalue weighted by Gasteiger charge is 2.19. The third-order valence-corrected chi connectivity index (χ3v) is 3.26. The van der Waals surface area contributed by atoms with Gasteiger partial charge in [0, 0.05) is 30.2 Å². The van der Waals surface area contributed by atoms with Crippen LogP contribution in [0.5, 0.6) is 5.75 Å². The minimum absolute atomic E-state index is 0.174. The number of halogens is 1. The molecule has 0 spiro atoms. The number of fused-ring (bicyclic) bond motifs is 1. The summed E-state index contributed by atoms with van der Waals surface area (Å²) in [6.07, 6.45) is -0.799. The van der Waals surface area contributed by atoms with Crippen molar-refractivity contribution < 1.29 is 23.7 Å². The monoisotopic (exact) mass is 309 g/mol. The Morgan fingerprint density at radius 3 is 2.41 bits per heavy atom. The third-order valence-electron chi connectivity index (χ3n) is 3.26. The lowest BCUT2D eigenvalue weighted by Crippen LogP contribution is -2.12. The summed E-state index contributed by atoms with van der Waals surface area (Å²) in [7, 11) is 1.49. The fourth-order valence-electron chi connectivity index (χ4n) is 2.25. The molecule has 120 valence electrons. The van der Waals surface area contributed by atoms with Crippen molar-refractivity contribution in [2.24, 2.45) is 0 Å². The van der Waals surface area contributed by atoms with E-state index in [0.717, 1.165) is 0 Å². The van der Waals surface area contributed by atoms with Gasteiger partial charge in [-0.25, -0.2) is 4.98 Å². The van der Waals surface area contributed by atoms with Crippen LogP contribution in [0.2, 0.25) is 0 Å². The molecule has 0 unspecified atom stereocenters. The lowest BCUT2D eigenvalue weighted by molar-refractivity contribution is -0.142. The summed E-state index contributed by atoms with van der Waals surface area (Å²) in [4.78, 5) is 3.96. The number of aliphatic hydroxyl groups is 1. The van der Waals surface area contributed by atoms with Gasteiger partial charge in [-0.1, -0.05) is 0 Å². The second-order valence-corrected chi connectivity index (χ2v) is 4.63. The topological polar surface area (TPSA) is 60.8 Å². The smallest absolute Gasteiger partial charge is 0.221 e. The van der Waals surface area contributed by atoms with E-state index < -0.39 is 12.2 Å². The fourth-order valence-corrected chi connectivity index (χ4v) is 2.25. The first-order valence-corrected chi connectivity index (χ1v) is 7.15. The number of rotatable bonds is 7. The maximum absolute atomic E-state index is 14.3. The van der Waals surface area contributed by atoms with Crippen molar-refractivity contribution in [2.45, 2.75) is 26.7 Å². The summed E-state index contributed by atoms with van der Waals surface area (Å²) in [5.74, 6) is -0.168. The van der Waals surface area contributed by atoms with Crippen molar-refractivity contribution >= 4 is 10.9 Å². The molecule has 6 heteroatoms. The quantitative estimate of drug-likeness (QED) is 0.629. The molecule has 0 bridgehead atoms. The van der Waals surface area contributed by atoms with Crippen LogP contribution in [-0.4, -0.2) is 30.4 Å². The van der Waals surface area contributed by atoms with E-state index in [0.29, 0.717) is 35.4 Å². The number of benzene rings is 1. The highest BCUT2D eigenvalue weighted by molar-refractivity contribution is 5.82. The van der Waals surface area contributed by atoms with Crippen LogP contribution in [0.3, 0.4) is 0 Å². The standard InChI is InChI=1S/C16H20FNO4/c1-4-21-16(22-5-2)12-7-10-6-11(9-19)14(20-3)8-13(10)18-15(12)17/h6-8,16,19H,4-5,9H2,1-3H3. The van der Waals surface area contributed by atoms with Crippen LogP contribution in [0.4, 0.5) is 4.39 Å². The second-order valence-electron chi connectivity index (χ2n) is 4.63. The Hall–Kier alpha value is -1.76. The van der Waals surface area contributed by atoms with E-state index in [1.54, 1.807) is 18.2 Å². The lowest BCUT2D eigenvalue weighted by Gasteiger charge is -2.18. The molecule has 0 fully saturated rings. The van der Waals surface area contributed by atoms with Crippen LogP contribution in [-0.2, 0) is 16.1 Å². The van der Waals surface area contributed by atoms with Gasteiger partial charge in [0.1, 0.15) is 5.75 Å². The van der Waals surface area contributed by atoms with E-state index in [1.165, 1.54) is 7.11 Å². The molecular weight excluding hydrogens is 289 g/mol. The van der Waals surface area contributed by atoms with E-state index in [1.807, 2.05) is 13.8 Å². The van der Waals surface area contributed by atoms with Crippen molar-refractivity contribution in [3.63, 3.8) is 0 Å². The Kier molecular flexibility index (Phi) is 5.65. The highest BCUT2D eigenvalue weighted by Crippen LogP contribution is 2.29. The average Bonchev–Trinajstić information content (AvgIpc) is 2.52. The van der Waals surface area contributed by atoms with Gasteiger partial charge in [0.05, 0.1) is 24.8 Å². The Balaban J connectivity index is 2.54. The van der Waals surface area contributed by atoms with E-state index >= 15 is 0 Å². The van der Waals surface area contributed by atoms with Gasteiger partial charge in [-0.3, -0.25) is 0 Å². The van der Waals surface area contributed by atoms with Gasteiger partial charge in [0.25, 0.3) is 0 Å². The number of hydrogen-bond acceptors (Lipinski definition) is 5. The van der Waals surface area contributed by atoms with Crippen molar-refractivity contribution in [1.82, 2.24) is 4.98 Å². The molecule has 0 amide bonds. The van der Waals surface area contributed by atoms with Crippen molar-refractivity contribution in [1.29, 1.82) is 0 Å². The SMILES string of the molecule is CCOC(OCC)c1cc2cc(CO)c(OC)cc2nc1F. The van der Waals surface area contributed by atoms with Crippen LogP contribution < -0.4 is 4.74 Å². The Labute approximate surface area is 128 Å². The molecule has 1 heterocycles. The number of hydrogen-bond donors (Lipinski definition) is 1. The predicted octanol–water partition coefficient (Wildman–Crippen LogP) is 2.95. The lowest BCUT2D eigenvalue weighted by atomic mass is 10.1. The summed E-state index contributed by atoms with van der Waals surface area (Å²) in [6, 6.07) is 4.95. The predicted molar refractivity (Wildman–Crippen MR) is 80.2 cm³/mol. The number of aromatic nitrogens is 1. The molecule has 5 nitrogen and oxygen atoms in total. The number of methoxy groups -OCH3 is 1. The summed E-state index contributed by atoms with van der Waals surface area (Å²) in [6.45, 7) is 4.24. The van der Waals surface area contributed by atoms with Gasteiger partial charge in [0.2, 0.25) is 5.95 Å². The van der Waals surface area contributed by atoms with Gasteiger partial charge in [-0.05, 0) is 26.0 Å². The van der Waals surface area contributed by atoms with Gasteiger partial charge >= 0.3 is 0 Å². The number of ether oxygens (including phenoxy) is 3. The zero-order valence-electron chi connectivity index (χ0n) is 12.9. The first kappa shape index (κ1) is 16.6. The second kappa shape index (κ2) is 7.49. The van der Waals surface area contributed by atoms with Crippen LogP contribution >= 0.6 is 0 Å². The van der Waals surface area contributed by atoms with Crippen molar-refractivity contribution in [3.8, 4) is 5.75 Å². The van der Waals surface area contributed by atoms with Gasteiger partial charge in [0.15, 0.2) is 6.29 Å². The van der Waals surface area contributed by atoms with Crippen LogP contribution in [0, 0.1) is 5.95 Å². The van der Waals surface area contributed by atoms with Gasteiger partial charge < -0.3 is 19.3 Å². The van der Waals surface area contributed by atoms with E-state index in [4.69, 9.17) is 14.2 Å². The molecule has 0 radical (unpaired) electrons. The molecule has 0 aliphatic rings. The Morgan fingerprint density at radius 2 is 1.86 bits per heavy atom. The molecular formula is C16H20FNO4. The van der Waals surface area contributed by atoms with Crippen LogP contribution in [0.1, 0.15) is 31.3 Å². The Morgan fingerprint density at radius 1 is 1.18 bits per heavy atom. The van der Waals surface area contributed by atoms with Gasteiger partial charge in [-0.15, -0.1) is 0 Å². The molecule has 1 aromatic carbocycles. The Bertz CT molecular complexity index is 642. The van der Waals surface area contributed by atoms with Crippen molar-refractivity contribution in [2.75, 3.05) is 20.3 Å². The number of aliphatic hydroxyl groups excluding tert-OH is 1. The number of nitrogens with zero attached hydrogens (tertiary/aromatic N) is 1. The molecule has 1 aromatic heterocycles. The zero-order valence-corrected chi connectivity index (χ0v) is 12.9. The summed E-state index contributed by atoms with van der Waals surface area (Å²) >= 11 is 0. The summed E-state index contributed by atoms with van der Waals surface area (Å²) < 4.78 is 30.3. The molecule has 0 saturated carbocycles. The summed E-state index contributed by atoms with van der Waals surface area (Å²) in [5.41, 5.74) is 1.30. The normalized spacial score (nSPS) is 11.4. The minimum atomic E-state index is -0.799. The fraction of sp³-hybridized carbons (Fsp3) is 0.438. The first-order chi connectivity index (χ1) is 10.6. The van der Waals surface area contributed by atoms with E-state index in [-0.39, 0.29) is 12.2 Å². The highest BCUT2D eigenvalue weighted by atomic mass is 19.1. The van der Waals surface area contributed by atoms with E-state index in [2.05, 4.69) is 4.98 Å². The number of pyridine rings is 1. The molecule has 22 heavy (non-hydrogen) atoms. The largest absolute Gasteiger partial charge is 0.496 e. The molecule has 0 atom stereocenters. The average molecular weight is 309 g/mol. The maximum atomic E-state index is 14.3. The van der Waals surface area contributed by atoms with Crippen LogP contribution in [0.25, 0.3) is 10.9 Å². The molecule has 2 rings (SSSR count). The van der Waals surface area contributed by atoms with E-state index in [9.17, 15) is 9.50 Å². The zero-order chi connectivity index (χ0) is 16.1. The molecule has 1 N–H and O–H groups in total. The minimum Gasteiger partial charge on any atom is -0.496 e. The summed E-state index contributed by atoms with van der Waals surface area (Å²) in [5, 5.41) is 10.1. The molecule has 0 aliphatic carbocycles. The van der Waals surface area contributed by atoms with Gasteiger partial charge in [-0.2, -0.15) is 4.39 Å². The molecule has 0 saturated heterocycles. The van der Waals surface area contributed by atoms with Crippen LogP contribution in [0.15, 0.2) is 18.2 Å². The molecule has 0 aliphatic heterocycles. The third kappa shape index (κ3) is 3.35. The maximum Gasteiger partial charge on any atom is 0.221 e.